The molecule has 3 rings (SSSR count). The van der Waals surface area contributed by atoms with Gasteiger partial charge in [-0.05, 0) is 30.9 Å². The molecule has 2 fully saturated rings. The number of amides is 1. The van der Waals surface area contributed by atoms with Crippen LogP contribution >= 0.6 is 24.8 Å². The fraction of sp³-hybridized carbons (Fsp3) is 0.632. The Morgan fingerprint density at radius 2 is 2.00 bits per heavy atom. The predicted octanol–water partition coefficient (Wildman–Crippen LogP) is 2.36. The average molecular weight is 404 g/mol. The Morgan fingerprint density at radius 1 is 1.23 bits per heavy atom. The van der Waals surface area contributed by atoms with Gasteiger partial charge in [-0.25, -0.2) is 0 Å². The van der Waals surface area contributed by atoms with Crippen LogP contribution in [0.5, 0.6) is 0 Å². The summed E-state index contributed by atoms with van der Waals surface area (Å²) in [5, 5.41) is 3.17. The first kappa shape index (κ1) is 23.2. The number of rotatable bonds is 6. The second-order valence-electron chi connectivity index (χ2n) is 7.02. The number of nitrogens with zero attached hydrogens (tertiary/aromatic N) is 1. The molecule has 148 valence electrons. The van der Waals surface area contributed by atoms with E-state index in [1.54, 1.807) is 0 Å². The van der Waals surface area contributed by atoms with Crippen LogP contribution in [-0.2, 0) is 16.1 Å². The van der Waals surface area contributed by atoms with Crippen LogP contribution < -0.4 is 11.1 Å². The summed E-state index contributed by atoms with van der Waals surface area (Å²) in [4.78, 5) is 14.7. The molecular weight excluding hydrogens is 373 g/mol. The lowest BCUT2D eigenvalue weighted by molar-refractivity contribution is -0.127. The van der Waals surface area contributed by atoms with E-state index in [-0.39, 0.29) is 42.9 Å². The van der Waals surface area contributed by atoms with E-state index in [1.807, 2.05) is 6.07 Å². The normalized spacial score (nSPS) is 25.8. The monoisotopic (exact) mass is 403 g/mol. The van der Waals surface area contributed by atoms with Gasteiger partial charge in [0.2, 0.25) is 5.91 Å². The van der Waals surface area contributed by atoms with Crippen LogP contribution in [-0.4, -0.2) is 49.2 Å². The van der Waals surface area contributed by atoms with Crippen molar-refractivity contribution in [2.24, 2.45) is 11.7 Å². The number of halogens is 2. The molecule has 1 amide bonds. The third-order valence-electron chi connectivity index (χ3n) is 5.19. The lowest BCUT2D eigenvalue weighted by Crippen LogP contribution is -2.46. The number of benzene rings is 1. The van der Waals surface area contributed by atoms with Gasteiger partial charge in [-0.1, -0.05) is 36.8 Å². The maximum Gasteiger partial charge on any atom is 0.222 e. The summed E-state index contributed by atoms with van der Waals surface area (Å²) in [7, 11) is 0. The molecule has 1 aromatic carbocycles. The number of ether oxygens (including phenoxy) is 1. The summed E-state index contributed by atoms with van der Waals surface area (Å²) in [5.41, 5.74) is 7.10. The number of hydrogen-bond donors (Lipinski definition) is 2. The molecule has 1 aliphatic carbocycles. The van der Waals surface area contributed by atoms with Crippen molar-refractivity contribution in [3.05, 3.63) is 35.9 Å². The second kappa shape index (κ2) is 11.8. The highest BCUT2D eigenvalue weighted by Crippen LogP contribution is 2.24. The molecule has 2 aliphatic rings. The number of carbonyl (C=O) groups excluding carboxylic acids is 1. The van der Waals surface area contributed by atoms with E-state index in [0.717, 1.165) is 38.9 Å². The molecule has 1 saturated heterocycles. The summed E-state index contributed by atoms with van der Waals surface area (Å²) in [6, 6.07) is 10.7. The third kappa shape index (κ3) is 6.71. The van der Waals surface area contributed by atoms with Crippen LogP contribution in [0.3, 0.4) is 0 Å². The number of nitrogens with two attached hydrogens (primary N) is 1. The van der Waals surface area contributed by atoms with E-state index in [9.17, 15) is 4.79 Å². The number of hydrogen-bond acceptors (Lipinski definition) is 4. The molecule has 3 unspecified atom stereocenters. The molecule has 3 N–H and O–H groups in total. The largest absolute Gasteiger partial charge is 0.375 e. The van der Waals surface area contributed by atoms with Gasteiger partial charge in [0.25, 0.3) is 0 Å². The Morgan fingerprint density at radius 3 is 2.73 bits per heavy atom. The third-order valence-corrected chi connectivity index (χ3v) is 5.19. The standard InChI is InChI=1S/C19H29N3O2.2ClH/c20-12-16-7-4-8-18(16)21-19(23)11-17-14-22(9-10-24-17)13-15-5-2-1-3-6-15;;/h1-3,5-6,16-18H,4,7-14,20H2,(H,21,23);2*1H. The SMILES string of the molecule is Cl.Cl.NCC1CCCC1NC(=O)CC1CN(Cc2ccccc2)CCO1. The fourth-order valence-electron chi connectivity index (χ4n) is 3.87. The van der Waals surface area contributed by atoms with E-state index in [1.165, 1.54) is 5.56 Å². The smallest absolute Gasteiger partial charge is 0.222 e. The van der Waals surface area contributed by atoms with Crippen LogP contribution in [0.2, 0.25) is 0 Å². The quantitative estimate of drug-likeness (QED) is 0.764. The van der Waals surface area contributed by atoms with Gasteiger partial charge in [0.1, 0.15) is 0 Å². The zero-order chi connectivity index (χ0) is 16.8. The molecule has 1 aromatic rings. The topological polar surface area (TPSA) is 67.6 Å². The number of nitrogens with one attached hydrogen (secondary N) is 1. The van der Waals surface area contributed by atoms with Crippen molar-refractivity contribution in [3.8, 4) is 0 Å². The van der Waals surface area contributed by atoms with Gasteiger partial charge < -0.3 is 15.8 Å². The summed E-state index contributed by atoms with van der Waals surface area (Å²) in [6.45, 7) is 4.01. The van der Waals surface area contributed by atoms with E-state index in [0.29, 0.717) is 25.5 Å². The molecule has 0 aromatic heterocycles. The molecule has 26 heavy (non-hydrogen) atoms. The van der Waals surface area contributed by atoms with Gasteiger partial charge in [-0.3, -0.25) is 9.69 Å². The van der Waals surface area contributed by atoms with Gasteiger partial charge in [0.05, 0.1) is 19.1 Å². The van der Waals surface area contributed by atoms with Crippen molar-refractivity contribution < 1.29 is 9.53 Å². The van der Waals surface area contributed by atoms with Crippen LogP contribution in [0.15, 0.2) is 30.3 Å². The van der Waals surface area contributed by atoms with Gasteiger partial charge in [0, 0.05) is 25.7 Å². The lowest BCUT2D eigenvalue weighted by Gasteiger charge is -2.33. The molecule has 0 bridgehead atoms. The first-order valence-electron chi connectivity index (χ1n) is 9.12. The zero-order valence-corrected chi connectivity index (χ0v) is 16.8. The first-order chi connectivity index (χ1) is 11.7. The van der Waals surface area contributed by atoms with Crippen molar-refractivity contribution in [3.63, 3.8) is 0 Å². The summed E-state index contributed by atoms with van der Waals surface area (Å²) < 4.78 is 5.81. The summed E-state index contributed by atoms with van der Waals surface area (Å²) in [6.07, 6.45) is 3.78. The van der Waals surface area contributed by atoms with Crippen LogP contribution in [0.4, 0.5) is 0 Å². The molecule has 1 saturated carbocycles. The maximum absolute atomic E-state index is 12.3. The average Bonchev–Trinajstić information content (AvgIpc) is 3.03. The molecule has 1 aliphatic heterocycles. The second-order valence-corrected chi connectivity index (χ2v) is 7.02. The highest BCUT2D eigenvalue weighted by molar-refractivity contribution is 5.85. The highest BCUT2D eigenvalue weighted by Gasteiger charge is 2.29. The highest BCUT2D eigenvalue weighted by atomic mass is 35.5. The number of carbonyl (C=O) groups is 1. The van der Waals surface area contributed by atoms with Gasteiger partial charge in [-0.15, -0.1) is 24.8 Å². The Labute approximate surface area is 168 Å². The Kier molecular flexibility index (Phi) is 10.5. The van der Waals surface area contributed by atoms with Crippen molar-refractivity contribution in [1.29, 1.82) is 0 Å². The van der Waals surface area contributed by atoms with Crippen LogP contribution in [0.25, 0.3) is 0 Å². The minimum atomic E-state index is -0.0137. The number of morpholine rings is 1. The summed E-state index contributed by atoms with van der Waals surface area (Å²) >= 11 is 0. The predicted molar refractivity (Wildman–Crippen MR) is 109 cm³/mol. The van der Waals surface area contributed by atoms with E-state index in [2.05, 4.69) is 34.5 Å². The van der Waals surface area contributed by atoms with E-state index < -0.39 is 0 Å². The van der Waals surface area contributed by atoms with Crippen molar-refractivity contribution in [2.45, 2.75) is 44.4 Å². The maximum atomic E-state index is 12.3. The molecule has 1 heterocycles. The minimum Gasteiger partial charge on any atom is -0.375 e. The molecule has 5 nitrogen and oxygen atoms in total. The van der Waals surface area contributed by atoms with Crippen LogP contribution in [0.1, 0.15) is 31.2 Å². The van der Waals surface area contributed by atoms with Gasteiger partial charge >= 0.3 is 0 Å². The van der Waals surface area contributed by atoms with Gasteiger partial charge in [0.15, 0.2) is 0 Å². The van der Waals surface area contributed by atoms with Crippen molar-refractivity contribution in [2.75, 3.05) is 26.2 Å². The molecule has 0 spiro atoms. The van der Waals surface area contributed by atoms with E-state index in [4.69, 9.17) is 10.5 Å². The Hall–Kier alpha value is -0.850. The molecular formula is C19H31Cl2N3O2. The van der Waals surface area contributed by atoms with E-state index >= 15 is 0 Å². The molecule has 7 heteroatoms. The molecule has 0 radical (unpaired) electrons. The Balaban J connectivity index is 0.00000169. The Bertz CT molecular complexity index is 533. The molecule has 3 atom stereocenters. The van der Waals surface area contributed by atoms with Crippen molar-refractivity contribution in [1.82, 2.24) is 10.2 Å². The minimum absolute atomic E-state index is 0. The first-order valence-corrected chi connectivity index (χ1v) is 9.12. The van der Waals surface area contributed by atoms with Crippen LogP contribution in [0, 0.1) is 5.92 Å². The summed E-state index contributed by atoms with van der Waals surface area (Å²) in [5.74, 6) is 0.544. The lowest BCUT2D eigenvalue weighted by atomic mass is 10.0. The van der Waals surface area contributed by atoms with Crippen molar-refractivity contribution >= 4 is 30.7 Å². The fourth-order valence-corrected chi connectivity index (χ4v) is 3.87. The zero-order valence-electron chi connectivity index (χ0n) is 15.1. The van der Waals surface area contributed by atoms with Gasteiger partial charge in [-0.2, -0.15) is 0 Å².